The van der Waals surface area contributed by atoms with Crippen molar-refractivity contribution < 1.29 is 116 Å². The molecule has 1 aliphatic heterocycles. The third kappa shape index (κ3) is 36.6. The Hall–Kier alpha value is -12.8. The van der Waals surface area contributed by atoms with Crippen LogP contribution in [0.25, 0.3) is 21.8 Å². The Morgan fingerprint density at radius 3 is 1.14 bits per heavy atom. The predicted molar refractivity (Wildman–Crippen MR) is 558 cm³/mol. The van der Waals surface area contributed by atoms with E-state index in [-0.39, 0.29) is 137 Å². The molecule has 9 rings (SSSR count). The minimum atomic E-state index is -4.61. The summed E-state index contributed by atoms with van der Waals surface area (Å²) < 4.78 is 151. The number of likely N-dealkylation sites (N-methyl/N-ethyl adjacent to an activating group) is 3. The molecule has 820 valence electrons. The molecule has 19 N–H and O–H groups in total. The molecule has 0 saturated carbocycles. The Bertz CT molecular complexity index is 6360. The van der Waals surface area contributed by atoms with Crippen LogP contribution in [0.5, 0.6) is 11.5 Å². The summed E-state index contributed by atoms with van der Waals surface area (Å²) in [4.78, 5) is 194. The fraction of sp³-hybridized carbons (Fsp3) is 0.505. The van der Waals surface area contributed by atoms with Crippen molar-refractivity contribution in [2.24, 2.45) is 28.2 Å². The first-order valence-corrected chi connectivity index (χ1v) is 54.6. The van der Waals surface area contributed by atoms with Crippen LogP contribution in [0.2, 0.25) is 0 Å². The van der Waals surface area contributed by atoms with Gasteiger partial charge < -0.3 is 138 Å². The summed E-state index contributed by atoms with van der Waals surface area (Å²) in [6.07, 6.45) is 8.14. The average molecular weight is 2160 g/mol. The van der Waals surface area contributed by atoms with Crippen LogP contribution in [-0.4, -0.2) is 344 Å². The van der Waals surface area contributed by atoms with E-state index in [9.17, 15) is 106 Å². The van der Waals surface area contributed by atoms with Crippen molar-refractivity contribution in [2.45, 2.75) is 140 Å². The number of imidazole rings is 2. The molecule has 0 bridgehead atoms. The maximum absolute atomic E-state index is 14.6. The molecule has 54 heteroatoms. The molecule has 1 fully saturated rings. The van der Waals surface area contributed by atoms with Gasteiger partial charge in [-0.1, -0.05) is 32.9 Å². The van der Waals surface area contributed by atoms with Crippen molar-refractivity contribution in [3.8, 4) is 11.5 Å². The van der Waals surface area contributed by atoms with E-state index in [1.54, 1.807) is 93.5 Å². The van der Waals surface area contributed by atoms with Gasteiger partial charge in [-0.2, -0.15) is 9.44 Å². The van der Waals surface area contributed by atoms with Gasteiger partial charge in [0.25, 0.3) is 11.8 Å². The minimum Gasteiger partial charge on any atom is -0.494 e. The predicted octanol–water partition coefficient (Wildman–Crippen LogP) is 1.26. The van der Waals surface area contributed by atoms with E-state index >= 15 is 0 Å². The van der Waals surface area contributed by atoms with E-state index in [0.717, 1.165) is 58.1 Å². The van der Waals surface area contributed by atoms with Gasteiger partial charge in [-0.25, -0.2) is 26.8 Å². The summed E-state index contributed by atoms with van der Waals surface area (Å²) in [6, 6.07) is 6.98. The summed E-state index contributed by atoms with van der Waals surface area (Å²) in [5, 5.41) is 29.2. The van der Waals surface area contributed by atoms with Crippen molar-refractivity contribution in [3.05, 3.63) is 163 Å². The summed E-state index contributed by atoms with van der Waals surface area (Å²) >= 11 is 0. The number of nitrogens with zero attached hydrogens (tertiary/aromatic N) is 10. The molecular weight excluding hydrogens is 2020 g/mol. The lowest BCUT2D eigenvalue weighted by atomic mass is 10.1. The lowest BCUT2D eigenvalue weighted by Crippen LogP contribution is -2.57. The van der Waals surface area contributed by atoms with E-state index in [1.165, 1.54) is 64.4 Å². The Morgan fingerprint density at radius 1 is 0.423 bits per heavy atom. The monoisotopic (exact) mass is 2160 g/mol. The number of fused-ring (bicyclic) bond motifs is 2. The number of carbonyl (C=O) groups excluding carboxylic acids is 11. The van der Waals surface area contributed by atoms with Crippen LogP contribution in [-0.2, 0) is 114 Å². The smallest absolute Gasteiger partial charge is 0.325 e. The van der Waals surface area contributed by atoms with E-state index in [2.05, 4.69) is 99.5 Å². The zero-order valence-electron chi connectivity index (χ0n) is 85.7. The second kappa shape index (κ2) is 56.2. The number of rotatable bonds is 54. The van der Waals surface area contributed by atoms with Gasteiger partial charge in [0.2, 0.25) is 84.2 Å². The summed E-state index contributed by atoms with van der Waals surface area (Å²) in [7, 11) is -9.22. The molecule has 8 aromatic rings. The van der Waals surface area contributed by atoms with Crippen LogP contribution < -0.4 is 88.3 Å². The van der Waals surface area contributed by atoms with Gasteiger partial charge in [0.1, 0.15) is 52.8 Å². The van der Waals surface area contributed by atoms with Crippen LogP contribution in [0.3, 0.4) is 0 Å². The van der Waals surface area contributed by atoms with Gasteiger partial charge in [0.05, 0.1) is 88.0 Å². The number of hydrogen-bond acceptors (Lipinski definition) is 35. The number of aryl methyl sites for hydroxylation is 8. The Kier molecular flexibility index (Phi) is 45.1. The Balaban J connectivity index is 0.748. The average Bonchev–Trinajstić information content (AvgIpc) is 1.82. The van der Waals surface area contributed by atoms with Crippen LogP contribution in [0.1, 0.15) is 113 Å². The van der Waals surface area contributed by atoms with Crippen molar-refractivity contribution in [1.82, 2.24) is 105 Å². The Morgan fingerprint density at radius 2 is 0.785 bits per heavy atom. The number of nitrogens with one attached hydrogen (secondary N) is 13. The number of aromatic nitrogens is 6. The van der Waals surface area contributed by atoms with Crippen LogP contribution in [0, 0.1) is 27.7 Å². The highest BCUT2D eigenvalue weighted by Gasteiger charge is 2.37. The van der Waals surface area contributed by atoms with Crippen LogP contribution in [0.4, 0.5) is 11.9 Å². The molecule has 50 nitrogen and oxygen atoms in total. The van der Waals surface area contributed by atoms with Gasteiger partial charge in [-0.3, -0.25) is 67.2 Å². The van der Waals surface area contributed by atoms with E-state index in [4.69, 9.17) is 18.9 Å². The number of sulfonamides is 2. The number of anilines is 2. The zero-order valence-corrected chi connectivity index (χ0v) is 89.0. The summed E-state index contributed by atoms with van der Waals surface area (Å²) in [5.74, 6) is -10.7. The fourth-order valence-electron chi connectivity index (χ4n) is 16.6. The van der Waals surface area contributed by atoms with Crippen molar-refractivity contribution in [3.63, 3.8) is 0 Å². The van der Waals surface area contributed by atoms with E-state index in [0.29, 0.717) is 75.3 Å². The molecule has 5 atom stereocenters. The lowest BCUT2D eigenvalue weighted by Gasteiger charge is -2.33. The van der Waals surface area contributed by atoms with Crippen molar-refractivity contribution >= 4 is 141 Å². The number of ether oxygens (including phenoxy) is 4. The Labute approximate surface area is 866 Å². The highest BCUT2D eigenvalue weighted by Crippen LogP contribution is 2.35. The third-order valence-corrected chi connectivity index (χ3v) is 29.7. The number of hydrogen-bond donors (Lipinski definition) is 19. The SMILES string of the molecule is CCN1CCN(CC)CCN(CC(=O)N[C@@H](CCC(=O)N[C@@H](CS(O)(O)O)C(=O)NCCNC(=O)CCCOc2cc(C)c(S(=O)(=O)N[C@@H](CNC(=O)c3cn(C)c4cc(CNc5nccn5C)ccc4c3=O)C(=O)OC)c(C)c2)C(=O)N[C@@H](CS(O)(O)O)C(=O)NCCNC(=O)CCCOc2cc(C)c(S(=O)(=O)N[C@@H](CNC(=O)c3cn(C)c4cc(CNc5nccn5C)ccc4c3=O)C(=O)OC)c(C)c2)CCN(CC)CC1. The van der Waals surface area contributed by atoms with Gasteiger partial charge in [0.15, 0.2) is 0 Å². The van der Waals surface area contributed by atoms with Crippen molar-refractivity contribution in [2.75, 3.05) is 167 Å². The molecule has 0 spiro atoms. The molecule has 0 aliphatic carbocycles. The summed E-state index contributed by atoms with van der Waals surface area (Å²) in [6.45, 7) is 17.3. The second-order valence-electron chi connectivity index (χ2n) is 35.9. The van der Waals surface area contributed by atoms with E-state index < -0.39 is 185 Å². The number of amides is 9. The van der Waals surface area contributed by atoms with Crippen LogP contribution in [0.15, 0.2) is 117 Å². The number of benzene rings is 4. The molecule has 9 amide bonds. The zero-order chi connectivity index (χ0) is 109. The maximum Gasteiger partial charge on any atom is 0.325 e. The molecule has 0 unspecified atom stereocenters. The first-order valence-electron chi connectivity index (χ1n) is 48.3. The minimum absolute atomic E-state index is 0.0586. The quantitative estimate of drug-likeness (QED) is 0.0188. The fourth-order valence-corrected chi connectivity index (χ4v) is 21.3. The topological polar surface area (TPSA) is 663 Å². The molecule has 1 saturated heterocycles. The molecule has 4 aromatic heterocycles. The number of carbonyl (C=O) groups is 11. The number of esters is 2. The number of methoxy groups -OCH3 is 2. The third-order valence-electron chi connectivity index (χ3n) is 24.6. The lowest BCUT2D eigenvalue weighted by molar-refractivity contribution is -0.143. The van der Waals surface area contributed by atoms with Gasteiger partial charge in [0, 0.05) is 200 Å². The molecule has 5 heterocycles. The molecule has 0 radical (unpaired) electrons. The largest absolute Gasteiger partial charge is 0.494 e. The van der Waals surface area contributed by atoms with Gasteiger partial charge in [-0.15, -0.1) is 0 Å². The molecule has 4 aromatic carbocycles. The molecule has 1 aliphatic rings. The molecule has 149 heavy (non-hydrogen) atoms. The summed E-state index contributed by atoms with van der Waals surface area (Å²) in [5.41, 5.74) is 1.69. The van der Waals surface area contributed by atoms with Crippen molar-refractivity contribution in [1.29, 1.82) is 0 Å². The van der Waals surface area contributed by atoms with Crippen LogP contribution >= 0.6 is 21.7 Å². The first-order chi connectivity index (χ1) is 70.5. The first kappa shape index (κ1) is 120. The highest BCUT2D eigenvalue weighted by molar-refractivity contribution is 8.19. The van der Waals surface area contributed by atoms with E-state index in [1.807, 2.05) is 32.8 Å². The number of pyridine rings is 2. The maximum atomic E-state index is 14.6. The normalized spacial score (nSPS) is 14.6. The highest BCUT2D eigenvalue weighted by atomic mass is 32.3. The standard InChI is InChI=1S/C95H139N23O27S4/c1-14-115-35-37-116(15-2)39-41-118(42-40-117(16-3)38-36-115)57-82(122)106-72(91(129)108-76(59-147(135,136)137)90(128)99-30-28-97-80(120)20-18-44-145-67-47-62(6)86(63(7)48-67)149(140,141)110-74(93(131)143-13)54-103-88(126)71-56-114(11)78-50-65(22-24-69(78)84(71)124)52-105-95-101-32-34-112(95)9)25-26-81(121)107-75(58-146(132,133)134)89(127)98-29-27-96-79(119)19-17-43-144-66-45-60(4)85(61(5)46-66)148(138,139)109-73(92(130)142-12)53-102-87(125)70-55-113(10)77-49-64(21-23-68(77)83(70)123)51-104-94-100-31-33-111(94)8/h21-24,31-34,45-50,55-56,72-76,109-110,132-137H,14-20,25-30,35-44,51-54,57-59H2,1-13H3,(H,96,119)(H,97,120)(H,98,127)(H,99,128)(H,100,104)(H,101,105)(H,102,125)(H,103,126)(H,106,122)(H,107,121)(H,108,129)/t72-,73-,74-,75-,76-/m0/s1. The second-order valence-corrected chi connectivity index (χ2v) is 42.4. The van der Waals surface area contributed by atoms with Gasteiger partial charge >= 0.3 is 11.9 Å². The molecular formula is C95H139N23O27S4. The van der Waals surface area contributed by atoms with Gasteiger partial charge in [-0.05, 0) is 149 Å².